The molecule has 1 aliphatic rings. The third kappa shape index (κ3) is 3.19. The molecular formula is C16H19N3O4S. The number of aryl methyl sites for hydroxylation is 3. The highest BCUT2D eigenvalue weighted by Crippen LogP contribution is 2.27. The van der Waals surface area contributed by atoms with Gasteiger partial charge in [-0.1, -0.05) is 0 Å². The van der Waals surface area contributed by atoms with Crippen LogP contribution < -0.4 is 10.9 Å². The van der Waals surface area contributed by atoms with E-state index in [2.05, 4.69) is 15.3 Å². The fourth-order valence-corrected chi connectivity index (χ4v) is 3.94. The van der Waals surface area contributed by atoms with Gasteiger partial charge in [0.05, 0.1) is 11.3 Å². The average Bonchev–Trinajstić information content (AvgIpc) is 2.75. The molecule has 3 N–H and O–H groups in total. The Balaban J connectivity index is 1.59. The second kappa shape index (κ2) is 6.35. The lowest BCUT2D eigenvalue weighted by Gasteiger charge is -2.32. The van der Waals surface area contributed by atoms with Gasteiger partial charge < -0.3 is 15.4 Å². The van der Waals surface area contributed by atoms with Gasteiger partial charge in [0.25, 0.3) is 5.56 Å². The molecule has 3 rings (SSSR count). The third-order valence-corrected chi connectivity index (χ3v) is 5.63. The first-order valence-electron chi connectivity index (χ1n) is 7.86. The SMILES string of the molecule is Cc1sc2nc(CCC(=O)NC3CC(C(=O)O)C3)[nH]c(=O)c2c1C. The number of nitrogens with one attached hydrogen (secondary N) is 2. The highest BCUT2D eigenvalue weighted by Gasteiger charge is 2.35. The fourth-order valence-electron chi connectivity index (χ4n) is 2.89. The van der Waals surface area contributed by atoms with E-state index in [1.165, 1.54) is 11.3 Å². The molecule has 0 bridgehead atoms. The van der Waals surface area contributed by atoms with Crippen LogP contribution in [0.3, 0.4) is 0 Å². The number of H-pyrrole nitrogens is 1. The number of carboxylic acids is 1. The van der Waals surface area contributed by atoms with Gasteiger partial charge in [-0.3, -0.25) is 14.4 Å². The van der Waals surface area contributed by atoms with Crippen LogP contribution in [-0.4, -0.2) is 33.0 Å². The molecule has 2 heterocycles. The summed E-state index contributed by atoms with van der Waals surface area (Å²) in [6.07, 6.45) is 1.53. The number of carbonyl (C=O) groups excluding carboxylic acids is 1. The lowest BCUT2D eigenvalue weighted by molar-refractivity contribution is -0.146. The Labute approximate surface area is 142 Å². The van der Waals surface area contributed by atoms with Crippen molar-refractivity contribution in [2.45, 2.75) is 45.6 Å². The molecule has 0 unspecified atom stereocenters. The zero-order chi connectivity index (χ0) is 17.4. The van der Waals surface area contributed by atoms with Gasteiger partial charge in [-0.15, -0.1) is 11.3 Å². The van der Waals surface area contributed by atoms with Crippen molar-refractivity contribution in [3.8, 4) is 0 Å². The Kier molecular flexibility index (Phi) is 4.40. The van der Waals surface area contributed by atoms with Gasteiger partial charge in [-0.05, 0) is 32.3 Å². The molecule has 0 saturated heterocycles. The van der Waals surface area contributed by atoms with E-state index in [0.29, 0.717) is 35.3 Å². The molecule has 0 radical (unpaired) electrons. The van der Waals surface area contributed by atoms with Crippen LogP contribution in [0.1, 0.15) is 35.5 Å². The molecule has 1 amide bonds. The highest BCUT2D eigenvalue weighted by atomic mass is 32.1. The summed E-state index contributed by atoms with van der Waals surface area (Å²) in [5.74, 6) is -0.802. The molecule has 8 heteroatoms. The number of hydrogen-bond donors (Lipinski definition) is 3. The number of nitrogens with zero attached hydrogens (tertiary/aromatic N) is 1. The summed E-state index contributed by atoms with van der Waals surface area (Å²) in [5, 5.41) is 12.3. The minimum Gasteiger partial charge on any atom is -0.481 e. The number of aromatic amines is 1. The first kappa shape index (κ1) is 16.6. The minimum absolute atomic E-state index is 0.0596. The number of aliphatic carboxylic acids is 1. The van der Waals surface area contributed by atoms with Crippen LogP contribution in [-0.2, 0) is 16.0 Å². The molecule has 0 spiro atoms. The van der Waals surface area contributed by atoms with E-state index in [1.54, 1.807) is 0 Å². The topological polar surface area (TPSA) is 112 Å². The van der Waals surface area contributed by atoms with Crippen LogP contribution in [0.25, 0.3) is 10.2 Å². The number of thiophene rings is 1. The second-order valence-corrected chi connectivity index (χ2v) is 7.45. The van der Waals surface area contributed by atoms with Crippen molar-refractivity contribution in [1.29, 1.82) is 0 Å². The summed E-state index contributed by atoms with van der Waals surface area (Å²) in [4.78, 5) is 43.8. The first-order valence-corrected chi connectivity index (χ1v) is 8.68. The average molecular weight is 349 g/mol. The van der Waals surface area contributed by atoms with Gasteiger partial charge in [0.15, 0.2) is 0 Å². The summed E-state index contributed by atoms with van der Waals surface area (Å²) >= 11 is 1.48. The van der Waals surface area contributed by atoms with Gasteiger partial charge in [-0.25, -0.2) is 4.98 Å². The number of carbonyl (C=O) groups is 2. The predicted octanol–water partition coefficient (Wildman–Crippen LogP) is 1.51. The molecule has 0 aromatic carbocycles. The van der Waals surface area contributed by atoms with E-state index in [0.717, 1.165) is 10.4 Å². The number of carboxylic acid groups (broad SMARTS) is 1. The summed E-state index contributed by atoms with van der Waals surface area (Å²) in [6.45, 7) is 3.86. The van der Waals surface area contributed by atoms with Crippen LogP contribution in [0.5, 0.6) is 0 Å². The maximum absolute atomic E-state index is 12.2. The summed E-state index contributed by atoms with van der Waals surface area (Å²) < 4.78 is 0. The molecule has 7 nitrogen and oxygen atoms in total. The van der Waals surface area contributed by atoms with Crippen molar-refractivity contribution in [2.24, 2.45) is 5.92 Å². The summed E-state index contributed by atoms with van der Waals surface area (Å²) in [7, 11) is 0. The largest absolute Gasteiger partial charge is 0.481 e. The number of hydrogen-bond acceptors (Lipinski definition) is 5. The summed E-state index contributed by atoms with van der Waals surface area (Å²) in [5.41, 5.74) is 0.784. The minimum atomic E-state index is -0.808. The molecule has 1 fully saturated rings. The highest BCUT2D eigenvalue weighted by molar-refractivity contribution is 7.18. The van der Waals surface area contributed by atoms with Crippen molar-refractivity contribution >= 4 is 33.4 Å². The Morgan fingerprint density at radius 2 is 2.08 bits per heavy atom. The number of rotatable bonds is 5. The smallest absolute Gasteiger partial charge is 0.306 e. The van der Waals surface area contributed by atoms with Crippen molar-refractivity contribution in [3.05, 3.63) is 26.6 Å². The number of fused-ring (bicyclic) bond motifs is 1. The quantitative estimate of drug-likeness (QED) is 0.757. The maximum atomic E-state index is 12.2. The van der Waals surface area contributed by atoms with Gasteiger partial charge in [0.1, 0.15) is 10.7 Å². The Morgan fingerprint density at radius 1 is 1.38 bits per heavy atom. The van der Waals surface area contributed by atoms with Crippen LogP contribution in [0.4, 0.5) is 0 Å². The molecule has 1 aliphatic carbocycles. The second-order valence-electron chi connectivity index (χ2n) is 6.25. The fraction of sp³-hybridized carbons (Fsp3) is 0.500. The predicted molar refractivity (Wildman–Crippen MR) is 90.3 cm³/mol. The maximum Gasteiger partial charge on any atom is 0.306 e. The lowest BCUT2D eigenvalue weighted by atomic mass is 9.80. The lowest BCUT2D eigenvalue weighted by Crippen LogP contribution is -2.46. The zero-order valence-electron chi connectivity index (χ0n) is 13.5. The van der Waals surface area contributed by atoms with E-state index < -0.39 is 5.97 Å². The number of aromatic nitrogens is 2. The standard InChI is InChI=1S/C16H19N3O4S/c1-7-8(2)24-15-13(7)14(21)18-11(19-15)3-4-12(20)17-10-5-9(6-10)16(22)23/h9-10H,3-6H2,1-2H3,(H,17,20)(H,22,23)(H,18,19,21). The molecule has 2 aromatic rings. The van der Waals surface area contributed by atoms with Crippen LogP contribution >= 0.6 is 11.3 Å². The van der Waals surface area contributed by atoms with Gasteiger partial charge >= 0.3 is 5.97 Å². The van der Waals surface area contributed by atoms with Crippen molar-refractivity contribution < 1.29 is 14.7 Å². The Hall–Kier alpha value is -2.22. The molecule has 2 aromatic heterocycles. The molecule has 0 aliphatic heterocycles. The van der Waals surface area contributed by atoms with Gasteiger partial charge in [0.2, 0.25) is 5.91 Å². The third-order valence-electron chi connectivity index (χ3n) is 4.53. The Bertz CT molecular complexity index is 864. The van der Waals surface area contributed by atoms with Gasteiger partial charge in [-0.2, -0.15) is 0 Å². The Morgan fingerprint density at radius 3 is 2.75 bits per heavy atom. The normalized spacial score (nSPS) is 19.9. The molecule has 128 valence electrons. The van der Waals surface area contributed by atoms with Crippen molar-refractivity contribution in [3.63, 3.8) is 0 Å². The van der Waals surface area contributed by atoms with Gasteiger partial charge in [0, 0.05) is 23.8 Å². The zero-order valence-corrected chi connectivity index (χ0v) is 14.3. The van der Waals surface area contributed by atoms with E-state index >= 15 is 0 Å². The first-order chi connectivity index (χ1) is 11.3. The van der Waals surface area contributed by atoms with E-state index in [-0.39, 0.29) is 29.8 Å². The summed E-state index contributed by atoms with van der Waals surface area (Å²) in [6, 6.07) is -0.0596. The molecule has 1 saturated carbocycles. The molecule has 0 atom stereocenters. The molecule has 24 heavy (non-hydrogen) atoms. The van der Waals surface area contributed by atoms with E-state index in [4.69, 9.17) is 5.11 Å². The van der Waals surface area contributed by atoms with Crippen molar-refractivity contribution in [2.75, 3.05) is 0 Å². The van der Waals surface area contributed by atoms with Crippen LogP contribution in [0, 0.1) is 19.8 Å². The van der Waals surface area contributed by atoms with E-state index in [1.807, 2.05) is 13.8 Å². The van der Waals surface area contributed by atoms with E-state index in [9.17, 15) is 14.4 Å². The van der Waals surface area contributed by atoms with Crippen molar-refractivity contribution in [1.82, 2.24) is 15.3 Å². The monoisotopic (exact) mass is 349 g/mol. The molecular weight excluding hydrogens is 330 g/mol. The van der Waals surface area contributed by atoms with Crippen LogP contribution in [0.15, 0.2) is 4.79 Å². The van der Waals surface area contributed by atoms with Crippen LogP contribution in [0.2, 0.25) is 0 Å². The number of amides is 1.